The first-order valence-electron chi connectivity index (χ1n) is 14.8. The van der Waals surface area contributed by atoms with Gasteiger partial charge in [0, 0.05) is 54.6 Å². The lowest BCUT2D eigenvalue weighted by Crippen LogP contribution is -2.56. The van der Waals surface area contributed by atoms with Gasteiger partial charge in [0.15, 0.2) is 5.82 Å². The Bertz CT molecular complexity index is 1550. The van der Waals surface area contributed by atoms with Gasteiger partial charge in [0.05, 0.1) is 0 Å². The van der Waals surface area contributed by atoms with Crippen molar-refractivity contribution in [3.8, 4) is 17.1 Å². The van der Waals surface area contributed by atoms with Gasteiger partial charge in [0.25, 0.3) is 0 Å². The van der Waals surface area contributed by atoms with E-state index in [1.807, 2.05) is 17.2 Å². The van der Waals surface area contributed by atoms with Crippen LogP contribution in [0.25, 0.3) is 26.9 Å². The maximum atomic E-state index is 16.6. The fourth-order valence-electron chi connectivity index (χ4n) is 6.61. The second-order valence-electron chi connectivity index (χ2n) is 11.4. The van der Waals surface area contributed by atoms with Crippen LogP contribution in [0, 0.1) is 12.4 Å². The lowest BCUT2D eigenvalue weighted by molar-refractivity contribution is -0.128. The van der Waals surface area contributed by atoms with Crippen LogP contribution in [0.4, 0.5) is 10.2 Å². The van der Waals surface area contributed by atoms with Gasteiger partial charge in [-0.15, -0.1) is 0 Å². The predicted molar refractivity (Wildman–Crippen MR) is 160 cm³/mol. The number of hydrogen-bond acceptors (Lipinski definition) is 7. The third kappa shape index (κ3) is 5.29. The molecular formula is C32H36FN7O2. The highest BCUT2D eigenvalue weighted by Crippen LogP contribution is 2.37. The number of rotatable bonds is 7. The third-order valence-corrected chi connectivity index (χ3v) is 8.94. The molecule has 2 aromatic heterocycles. The summed E-state index contributed by atoms with van der Waals surface area (Å²) < 4.78 is 22.7. The number of likely N-dealkylation sites (tertiary alicyclic amines) is 1. The van der Waals surface area contributed by atoms with Gasteiger partial charge < -0.3 is 24.3 Å². The van der Waals surface area contributed by atoms with E-state index < -0.39 is 5.82 Å². The number of aryl methyl sites for hydroxylation is 1. The Morgan fingerprint density at radius 2 is 2.00 bits per heavy atom. The number of halogens is 1. The minimum Gasteiger partial charge on any atom is -0.462 e. The van der Waals surface area contributed by atoms with Crippen molar-refractivity contribution in [3.63, 3.8) is 0 Å². The zero-order valence-electron chi connectivity index (χ0n) is 24.1. The molecule has 10 heteroatoms. The quantitative estimate of drug-likeness (QED) is 0.310. The molecule has 3 aliphatic rings. The van der Waals surface area contributed by atoms with Crippen molar-refractivity contribution in [2.24, 2.45) is 0 Å². The normalized spacial score (nSPS) is 20.8. The zero-order chi connectivity index (χ0) is 29.2. The lowest BCUT2D eigenvalue weighted by Gasteiger charge is -2.39. The second kappa shape index (κ2) is 12.0. The second-order valence-corrected chi connectivity index (χ2v) is 11.4. The number of piperazine rings is 1. The number of nitrogens with zero attached hydrogens (tertiary/aromatic N) is 7. The summed E-state index contributed by atoms with van der Waals surface area (Å²) in [5.74, 6) is -0.0666. The molecule has 2 saturated heterocycles. The van der Waals surface area contributed by atoms with Crippen molar-refractivity contribution in [2.45, 2.75) is 50.6 Å². The summed E-state index contributed by atoms with van der Waals surface area (Å²) >= 11 is 0. The van der Waals surface area contributed by atoms with Crippen LogP contribution in [0.5, 0.6) is 6.01 Å². The molecule has 9 nitrogen and oxygen atoms in total. The number of ether oxygens (including phenoxy) is 1. The number of pyridine rings is 1. The Balaban J connectivity index is 1.42. The van der Waals surface area contributed by atoms with E-state index in [0.29, 0.717) is 43.0 Å². The van der Waals surface area contributed by atoms with Gasteiger partial charge in [0.1, 0.15) is 24.0 Å². The van der Waals surface area contributed by atoms with E-state index in [1.165, 1.54) is 11.6 Å². The third-order valence-electron chi connectivity index (χ3n) is 8.94. The van der Waals surface area contributed by atoms with E-state index in [9.17, 15) is 4.79 Å². The van der Waals surface area contributed by atoms with Crippen LogP contribution in [-0.4, -0.2) is 89.1 Å². The highest BCUT2D eigenvalue weighted by molar-refractivity contribution is 5.94. The molecule has 0 spiro atoms. The average Bonchev–Trinajstić information content (AvgIpc) is 3.44. The largest absolute Gasteiger partial charge is 0.462 e. The average molecular weight is 570 g/mol. The maximum absolute atomic E-state index is 16.6. The summed E-state index contributed by atoms with van der Waals surface area (Å²) in [6, 6.07) is 3.73. The summed E-state index contributed by atoms with van der Waals surface area (Å²) in [4.78, 5) is 35.9. The summed E-state index contributed by atoms with van der Waals surface area (Å²) in [6.07, 6.45) is 11.1. The van der Waals surface area contributed by atoms with Gasteiger partial charge in [-0.2, -0.15) is 9.97 Å². The van der Waals surface area contributed by atoms with Gasteiger partial charge >= 0.3 is 6.01 Å². The number of carbonyl (C=O) groups is 1. The summed E-state index contributed by atoms with van der Waals surface area (Å²) in [5, 5.41) is 0.574. The molecule has 0 radical (unpaired) electrons. The molecule has 4 heterocycles. The fourth-order valence-corrected chi connectivity index (χ4v) is 6.61. The Morgan fingerprint density at radius 1 is 1.14 bits per heavy atom. The van der Waals surface area contributed by atoms with Crippen LogP contribution in [0.3, 0.4) is 0 Å². The molecule has 6 rings (SSSR count). The number of aromatic nitrogens is 3. The Labute approximate surface area is 245 Å². The molecule has 2 fully saturated rings. The Hall–Kier alpha value is -4.10. The van der Waals surface area contributed by atoms with Crippen molar-refractivity contribution >= 4 is 22.6 Å². The van der Waals surface area contributed by atoms with Gasteiger partial charge in [-0.1, -0.05) is 12.6 Å². The van der Waals surface area contributed by atoms with Crippen LogP contribution in [0.1, 0.15) is 36.8 Å². The monoisotopic (exact) mass is 569 g/mol. The molecule has 0 unspecified atom stereocenters. The maximum Gasteiger partial charge on any atom is 0.319 e. The first kappa shape index (κ1) is 28.0. The number of benzene rings is 1. The number of amides is 1. The number of likely N-dealkylation sites (N-methyl/N-ethyl adjacent to an activating group) is 1. The van der Waals surface area contributed by atoms with Crippen LogP contribution in [-0.2, 0) is 17.6 Å². The number of carbonyl (C=O) groups excluding carboxylic acids is 1. The first-order chi connectivity index (χ1) is 20.5. The van der Waals surface area contributed by atoms with E-state index >= 15 is 4.39 Å². The fraction of sp³-hybridized carbons (Fsp3) is 0.469. The molecule has 218 valence electrons. The summed E-state index contributed by atoms with van der Waals surface area (Å²) in [5.41, 5.74) is 3.84. The van der Waals surface area contributed by atoms with Crippen molar-refractivity contribution in [1.82, 2.24) is 24.8 Å². The van der Waals surface area contributed by atoms with Crippen LogP contribution < -0.4 is 9.64 Å². The van der Waals surface area contributed by atoms with Crippen LogP contribution >= 0.6 is 0 Å². The van der Waals surface area contributed by atoms with Gasteiger partial charge in [-0.05, 0) is 75.4 Å². The van der Waals surface area contributed by atoms with Crippen molar-refractivity contribution in [2.75, 3.05) is 51.3 Å². The van der Waals surface area contributed by atoms with Crippen molar-refractivity contribution in [3.05, 3.63) is 65.5 Å². The Kier molecular flexibility index (Phi) is 8.02. The molecule has 1 aromatic carbocycles. The Morgan fingerprint density at radius 3 is 2.79 bits per heavy atom. The molecule has 3 aromatic rings. The minimum atomic E-state index is -0.419. The van der Waals surface area contributed by atoms with E-state index in [2.05, 4.69) is 33.3 Å². The summed E-state index contributed by atoms with van der Waals surface area (Å²) in [6.45, 7) is 13.9. The molecule has 0 saturated carbocycles. The van der Waals surface area contributed by atoms with E-state index in [0.717, 1.165) is 56.2 Å². The molecule has 1 amide bonds. The topological polar surface area (TPSA) is 79.1 Å². The first-order valence-corrected chi connectivity index (χ1v) is 14.8. The van der Waals surface area contributed by atoms with Gasteiger partial charge in [-0.25, -0.2) is 11.0 Å². The molecule has 0 N–H and O–H groups in total. The van der Waals surface area contributed by atoms with Gasteiger partial charge in [-0.3, -0.25) is 9.78 Å². The highest BCUT2D eigenvalue weighted by atomic mass is 19.1. The molecular weight excluding hydrogens is 533 g/mol. The lowest BCUT2D eigenvalue weighted by atomic mass is 9.87. The van der Waals surface area contributed by atoms with E-state index in [4.69, 9.17) is 16.3 Å². The minimum absolute atomic E-state index is 0.133. The van der Waals surface area contributed by atoms with Crippen LogP contribution in [0.15, 0.2) is 37.2 Å². The highest BCUT2D eigenvalue weighted by Gasteiger charge is 2.34. The number of fused-ring (bicyclic) bond motifs is 2. The summed E-state index contributed by atoms with van der Waals surface area (Å²) in [7, 11) is 2.08. The smallest absolute Gasteiger partial charge is 0.319 e. The number of anilines is 1. The molecule has 42 heavy (non-hydrogen) atoms. The van der Waals surface area contributed by atoms with E-state index in [-0.39, 0.29) is 36.1 Å². The number of hydrogen-bond donors (Lipinski definition) is 0. The standard InChI is InChI=1S/C32H36FN7O2/c1-4-28(41)40-15-14-39(19-23(40)17-34-2)31-26-12-11-25(27-18-35-16-21-8-5-6-10-24(21)27)29(33)30(26)36-32(37-31)42-20-22-9-7-13-38(22)3/h4,11-12,16,18,22-23H,1,5-10,13-15,17,19-20H2,3H3/t22-,23-/m0/s1. The molecule has 2 aliphatic heterocycles. The van der Waals surface area contributed by atoms with Crippen molar-refractivity contribution in [1.29, 1.82) is 0 Å². The zero-order valence-corrected chi connectivity index (χ0v) is 24.1. The SMILES string of the molecule is [C-]#[N+]C[C@H]1CN(c2nc(OC[C@@H]3CCCN3C)nc3c(F)c(-c4cncc5c4CCCC5)ccc23)CCN1C(=O)C=C. The molecule has 2 atom stereocenters. The van der Waals surface area contributed by atoms with Crippen molar-refractivity contribution < 1.29 is 13.9 Å². The molecule has 1 aliphatic carbocycles. The van der Waals surface area contributed by atoms with Crippen LogP contribution in [0.2, 0.25) is 0 Å². The van der Waals surface area contributed by atoms with E-state index in [1.54, 1.807) is 17.2 Å². The molecule has 0 bridgehead atoms. The predicted octanol–water partition coefficient (Wildman–Crippen LogP) is 4.31. The van der Waals surface area contributed by atoms with Gasteiger partial charge in [0.2, 0.25) is 12.5 Å².